The Hall–Kier alpha value is -1.35. The maximum atomic E-state index is 11.2. The fraction of sp³-hybridized carbons (Fsp3) is 0.500. The topological polar surface area (TPSA) is 55.1 Å². The Morgan fingerprint density at radius 2 is 2.24 bits per heavy atom. The maximum Gasteiger partial charge on any atom is 0.248 e. The number of amides is 1. The van der Waals surface area contributed by atoms with E-state index in [1.54, 1.807) is 0 Å². The van der Waals surface area contributed by atoms with Gasteiger partial charge in [-0.2, -0.15) is 0 Å². The molecule has 0 radical (unpaired) electrons. The first-order valence-corrected chi connectivity index (χ1v) is 6.35. The molecule has 0 bridgehead atoms. The first kappa shape index (κ1) is 10.8. The van der Waals surface area contributed by atoms with Crippen molar-refractivity contribution < 1.29 is 4.79 Å². The molecule has 2 aliphatic carbocycles. The lowest BCUT2D eigenvalue weighted by molar-refractivity contribution is -0.114. The fourth-order valence-electron chi connectivity index (χ4n) is 3.33. The van der Waals surface area contributed by atoms with E-state index in [0.29, 0.717) is 17.4 Å². The monoisotopic (exact) mass is 230 g/mol. The van der Waals surface area contributed by atoms with Gasteiger partial charge in [0.05, 0.1) is 0 Å². The molecule has 3 rings (SSSR count). The van der Waals surface area contributed by atoms with Gasteiger partial charge >= 0.3 is 0 Å². The van der Waals surface area contributed by atoms with Crippen molar-refractivity contribution in [1.29, 1.82) is 0 Å². The highest BCUT2D eigenvalue weighted by Crippen LogP contribution is 2.39. The SMILES string of the molecule is NC(=O)C1=CC2NCCC3CC=CC3C2C=C1. The number of hydrogen-bond donors (Lipinski definition) is 2. The Labute approximate surface area is 101 Å². The molecule has 3 nitrogen and oxygen atoms in total. The van der Waals surface area contributed by atoms with E-state index >= 15 is 0 Å². The molecule has 0 aromatic heterocycles. The number of nitrogens with one attached hydrogen (secondary N) is 1. The largest absolute Gasteiger partial charge is 0.366 e. The number of fused-ring (bicyclic) bond motifs is 3. The van der Waals surface area contributed by atoms with Gasteiger partial charge in [-0.25, -0.2) is 0 Å². The summed E-state index contributed by atoms with van der Waals surface area (Å²) in [4.78, 5) is 11.2. The number of rotatable bonds is 1. The van der Waals surface area contributed by atoms with Gasteiger partial charge in [-0.05, 0) is 31.2 Å². The standard InChI is InChI=1S/C14H18N2O/c15-14(17)10-4-5-12-11-3-1-2-9(11)6-7-16-13(12)8-10/h1,3-5,8-9,11-13,16H,2,6-7H2,(H2,15,17). The van der Waals surface area contributed by atoms with Gasteiger partial charge in [0.2, 0.25) is 5.91 Å². The third kappa shape index (κ3) is 1.84. The van der Waals surface area contributed by atoms with Crippen molar-refractivity contribution in [2.45, 2.75) is 18.9 Å². The zero-order valence-electron chi connectivity index (χ0n) is 9.80. The van der Waals surface area contributed by atoms with Crippen molar-refractivity contribution in [2.24, 2.45) is 23.5 Å². The van der Waals surface area contributed by atoms with Crippen LogP contribution in [0.4, 0.5) is 0 Å². The lowest BCUT2D eigenvalue weighted by Gasteiger charge is -2.29. The number of primary amides is 1. The Morgan fingerprint density at radius 3 is 3.06 bits per heavy atom. The van der Waals surface area contributed by atoms with Gasteiger partial charge in [0.15, 0.2) is 0 Å². The van der Waals surface area contributed by atoms with E-state index in [-0.39, 0.29) is 11.9 Å². The molecular formula is C14H18N2O. The second kappa shape index (κ2) is 4.15. The van der Waals surface area contributed by atoms with Crippen LogP contribution >= 0.6 is 0 Å². The molecule has 1 aliphatic heterocycles. The van der Waals surface area contributed by atoms with Crippen molar-refractivity contribution >= 4 is 5.91 Å². The predicted octanol–water partition coefficient (Wildman–Crippen LogP) is 1.14. The summed E-state index contributed by atoms with van der Waals surface area (Å²) in [7, 11) is 0. The van der Waals surface area contributed by atoms with Gasteiger partial charge in [-0.3, -0.25) is 4.79 Å². The Morgan fingerprint density at radius 1 is 1.35 bits per heavy atom. The normalized spacial score (nSPS) is 39.2. The molecule has 3 heteroatoms. The fourth-order valence-corrected chi connectivity index (χ4v) is 3.33. The smallest absolute Gasteiger partial charge is 0.248 e. The summed E-state index contributed by atoms with van der Waals surface area (Å²) in [5.74, 6) is 1.54. The van der Waals surface area contributed by atoms with E-state index in [4.69, 9.17) is 5.73 Å². The Bertz CT molecular complexity index is 422. The van der Waals surface area contributed by atoms with E-state index in [2.05, 4.69) is 23.5 Å². The third-order valence-corrected chi connectivity index (χ3v) is 4.24. The number of carbonyl (C=O) groups excluding carboxylic acids is 1. The third-order valence-electron chi connectivity index (χ3n) is 4.24. The van der Waals surface area contributed by atoms with Crippen LogP contribution in [0.2, 0.25) is 0 Å². The molecule has 1 heterocycles. The average Bonchev–Trinajstić information content (AvgIpc) is 2.71. The highest BCUT2D eigenvalue weighted by Gasteiger charge is 2.36. The Kier molecular flexibility index (Phi) is 2.63. The van der Waals surface area contributed by atoms with Crippen LogP contribution in [-0.4, -0.2) is 18.5 Å². The summed E-state index contributed by atoms with van der Waals surface area (Å²) < 4.78 is 0. The Balaban J connectivity index is 1.88. The molecule has 1 amide bonds. The summed E-state index contributed by atoms with van der Waals surface area (Å²) in [5, 5.41) is 3.53. The van der Waals surface area contributed by atoms with Crippen molar-refractivity contribution in [3.63, 3.8) is 0 Å². The number of carbonyl (C=O) groups is 1. The van der Waals surface area contributed by atoms with Crippen LogP contribution in [0.1, 0.15) is 12.8 Å². The summed E-state index contributed by atoms with van der Waals surface area (Å²) in [6.07, 6.45) is 13.1. The molecule has 0 aromatic rings. The highest BCUT2D eigenvalue weighted by atomic mass is 16.1. The second-order valence-electron chi connectivity index (χ2n) is 5.19. The minimum Gasteiger partial charge on any atom is -0.366 e. The quantitative estimate of drug-likeness (QED) is 0.664. The highest BCUT2D eigenvalue weighted by molar-refractivity contribution is 5.95. The maximum absolute atomic E-state index is 11.2. The van der Waals surface area contributed by atoms with Crippen LogP contribution in [0.3, 0.4) is 0 Å². The van der Waals surface area contributed by atoms with Crippen molar-refractivity contribution in [3.8, 4) is 0 Å². The minimum atomic E-state index is -0.329. The van der Waals surface area contributed by atoms with Gasteiger partial charge in [0.1, 0.15) is 0 Å². The minimum absolute atomic E-state index is 0.264. The average molecular weight is 230 g/mol. The summed E-state index contributed by atoms with van der Waals surface area (Å²) in [6.45, 7) is 1.03. The van der Waals surface area contributed by atoms with Crippen LogP contribution in [0.25, 0.3) is 0 Å². The van der Waals surface area contributed by atoms with Crippen molar-refractivity contribution in [2.75, 3.05) is 6.54 Å². The molecule has 17 heavy (non-hydrogen) atoms. The summed E-state index contributed by atoms with van der Waals surface area (Å²) in [6, 6.07) is 0.264. The van der Waals surface area contributed by atoms with E-state index in [1.807, 2.05) is 12.2 Å². The molecule has 0 spiro atoms. The lowest BCUT2D eigenvalue weighted by atomic mass is 9.77. The van der Waals surface area contributed by atoms with Crippen molar-refractivity contribution in [1.82, 2.24) is 5.32 Å². The molecular weight excluding hydrogens is 212 g/mol. The van der Waals surface area contributed by atoms with E-state index in [9.17, 15) is 4.79 Å². The molecule has 1 fully saturated rings. The van der Waals surface area contributed by atoms with E-state index in [0.717, 1.165) is 12.5 Å². The molecule has 4 atom stereocenters. The van der Waals surface area contributed by atoms with Gasteiger partial charge in [-0.1, -0.05) is 30.4 Å². The molecule has 0 saturated carbocycles. The van der Waals surface area contributed by atoms with E-state index < -0.39 is 0 Å². The van der Waals surface area contributed by atoms with Crippen LogP contribution in [-0.2, 0) is 4.79 Å². The number of hydrogen-bond acceptors (Lipinski definition) is 2. The molecule has 0 aromatic carbocycles. The van der Waals surface area contributed by atoms with Gasteiger partial charge in [0.25, 0.3) is 0 Å². The molecule has 1 saturated heterocycles. The molecule has 4 unspecified atom stereocenters. The second-order valence-corrected chi connectivity index (χ2v) is 5.19. The van der Waals surface area contributed by atoms with Gasteiger partial charge in [0, 0.05) is 17.5 Å². The zero-order chi connectivity index (χ0) is 11.8. The van der Waals surface area contributed by atoms with E-state index in [1.165, 1.54) is 12.8 Å². The number of allylic oxidation sites excluding steroid dienone is 2. The van der Waals surface area contributed by atoms with Crippen molar-refractivity contribution in [3.05, 3.63) is 36.0 Å². The molecule has 90 valence electrons. The predicted molar refractivity (Wildman–Crippen MR) is 67.1 cm³/mol. The van der Waals surface area contributed by atoms with Crippen LogP contribution in [0.5, 0.6) is 0 Å². The first-order chi connectivity index (χ1) is 8.25. The molecule has 3 N–H and O–H groups in total. The number of nitrogens with two attached hydrogens (primary N) is 1. The molecule has 3 aliphatic rings. The summed E-state index contributed by atoms with van der Waals surface area (Å²) >= 11 is 0. The lowest BCUT2D eigenvalue weighted by Crippen LogP contribution is -2.37. The van der Waals surface area contributed by atoms with Gasteiger partial charge < -0.3 is 11.1 Å². The van der Waals surface area contributed by atoms with Crippen LogP contribution in [0, 0.1) is 17.8 Å². The first-order valence-electron chi connectivity index (χ1n) is 6.35. The van der Waals surface area contributed by atoms with Gasteiger partial charge in [-0.15, -0.1) is 0 Å². The van der Waals surface area contributed by atoms with Crippen LogP contribution in [0.15, 0.2) is 36.0 Å². The zero-order valence-corrected chi connectivity index (χ0v) is 9.80. The van der Waals surface area contributed by atoms with Crippen LogP contribution < -0.4 is 11.1 Å². The summed E-state index contributed by atoms with van der Waals surface area (Å²) in [5.41, 5.74) is 5.97.